The molecule has 1 aliphatic carbocycles. The lowest BCUT2D eigenvalue weighted by Gasteiger charge is -2.34. The summed E-state index contributed by atoms with van der Waals surface area (Å²) < 4.78 is 9.97. The lowest BCUT2D eigenvalue weighted by atomic mass is 10.0. The lowest BCUT2D eigenvalue weighted by Crippen LogP contribution is -2.43. The van der Waals surface area contributed by atoms with E-state index in [1.165, 1.54) is 0 Å². The van der Waals surface area contributed by atoms with E-state index in [-0.39, 0.29) is 11.6 Å². The van der Waals surface area contributed by atoms with E-state index in [0.717, 1.165) is 62.1 Å². The number of likely N-dealkylation sites (tertiary alicyclic amines) is 1. The molecule has 2 aliphatic rings. The van der Waals surface area contributed by atoms with Crippen molar-refractivity contribution in [3.63, 3.8) is 0 Å². The highest BCUT2D eigenvalue weighted by Gasteiger charge is 2.40. The van der Waals surface area contributed by atoms with Crippen molar-refractivity contribution in [2.75, 3.05) is 19.6 Å². The van der Waals surface area contributed by atoms with E-state index in [2.05, 4.69) is 27.7 Å². The fourth-order valence-corrected chi connectivity index (χ4v) is 4.82. The van der Waals surface area contributed by atoms with Gasteiger partial charge in [0.15, 0.2) is 0 Å². The number of pyridine rings is 1. The Morgan fingerprint density at radius 2 is 2.00 bits per heavy atom. The number of fused-ring (bicyclic) bond motifs is 1. The number of piperidine rings is 1. The molecule has 168 valence electrons. The molecule has 1 saturated carbocycles. The molecule has 0 aromatic carbocycles. The number of ether oxygens (including phenoxy) is 1. The van der Waals surface area contributed by atoms with Gasteiger partial charge in [0, 0.05) is 48.2 Å². The zero-order chi connectivity index (χ0) is 22.5. The number of hydrogen-bond donors (Lipinski definition) is 1. The molecule has 0 atom stereocenters. The molecule has 3 aromatic heterocycles. The number of nitrogens with zero attached hydrogens (tertiary/aromatic N) is 6. The molecule has 5 rings (SSSR count). The Bertz CT molecular complexity index is 1170. The van der Waals surface area contributed by atoms with E-state index in [1.807, 2.05) is 32.3 Å². The summed E-state index contributed by atoms with van der Waals surface area (Å²) in [6.07, 6.45) is 9.97. The second kappa shape index (κ2) is 7.91. The second-order valence-corrected chi connectivity index (χ2v) is 9.68. The molecule has 0 spiro atoms. The molecule has 0 amide bonds. The van der Waals surface area contributed by atoms with Crippen LogP contribution in [0.1, 0.15) is 56.8 Å². The minimum Gasteiger partial charge on any atom is -0.489 e. The Morgan fingerprint density at radius 3 is 2.66 bits per heavy atom. The molecule has 0 unspecified atom stereocenters. The van der Waals surface area contributed by atoms with Crippen LogP contribution in [0, 0.1) is 18.3 Å². The van der Waals surface area contributed by atoms with Crippen molar-refractivity contribution in [1.29, 1.82) is 5.26 Å². The molecule has 1 saturated heterocycles. The molecule has 3 aromatic rings. The molecule has 0 radical (unpaired) electrons. The minimum absolute atomic E-state index is 0.00667. The van der Waals surface area contributed by atoms with E-state index >= 15 is 0 Å². The number of hydrogen-bond acceptors (Lipinski definition) is 6. The Kier molecular flexibility index (Phi) is 5.19. The fraction of sp³-hybridized carbons (Fsp3) is 0.542. The highest BCUT2D eigenvalue weighted by atomic mass is 16.5. The Morgan fingerprint density at radius 1 is 1.25 bits per heavy atom. The number of nitrogens with two attached hydrogens (primary N) is 1. The zero-order valence-corrected chi connectivity index (χ0v) is 19.1. The maximum Gasteiger partial charge on any atom is 0.147 e. The summed E-state index contributed by atoms with van der Waals surface area (Å²) in [6, 6.07) is 4.62. The SMILES string of the molecule is Cc1c(-c2cc(OC(C)C)c3c(C#N)cnn3c2)cnn1C1CCN(CC2(N)CC2)CC1. The van der Waals surface area contributed by atoms with Gasteiger partial charge in [-0.2, -0.15) is 15.5 Å². The van der Waals surface area contributed by atoms with Gasteiger partial charge in [0.2, 0.25) is 0 Å². The maximum atomic E-state index is 9.46. The smallest absolute Gasteiger partial charge is 0.147 e. The largest absolute Gasteiger partial charge is 0.489 e. The summed E-state index contributed by atoms with van der Waals surface area (Å²) in [7, 11) is 0. The van der Waals surface area contributed by atoms with Crippen molar-refractivity contribution in [1.82, 2.24) is 24.3 Å². The summed E-state index contributed by atoms with van der Waals surface area (Å²) in [6.45, 7) is 9.26. The Balaban J connectivity index is 1.41. The standard InChI is InChI=1S/C24H31N7O/c1-16(2)32-22-10-18(14-30-23(22)19(11-25)12-27-30)21-13-28-31(17(21)3)20-4-8-29(9-5-20)15-24(26)6-7-24/h10,12-14,16,20H,4-9,15,26H2,1-3H3. The first kappa shape index (κ1) is 21.0. The molecule has 2 N–H and O–H groups in total. The topological polar surface area (TPSA) is 97.4 Å². The predicted octanol–water partition coefficient (Wildman–Crippen LogP) is 3.29. The fourth-order valence-electron chi connectivity index (χ4n) is 4.82. The second-order valence-electron chi connectivity index (χ2n) is 9.68. The predicted molar refractivity (Wildman–Crippen MR) is 122 cm³/mol. The number of aromatic nitrogens is 4. The van der Waals surface area contributed by atoms with Crippen LogP contribution in [-0.4, -0.2) is 55.6 Å². The van der Waals surface area contributed by atoms with Gasteiger partial charge in [-0.1, -0.05) is 0 Å². The number of rotatable bonds is 6. The molecule has 4 heterocycles. The van der Waals surface area contributed by atoms with Gasteiger partial charge in [0.05, 0.1) is 24.5 Å². The third kappa shape index (κ3) is 3.87. The van der Waals surface area contributed by atoms with Crippen molar-refractivity contribution in [2.24, 2.45) is 5.73 Å². The van der Waals surface area contributed by atoms with Crippen molar-refractivity contribution in [3.05, 3.63) is 35.9 Å². The summed E-state index contributed by atoms with van der Waals surface area (Å²) in [5, 5.41) is 18.6. The van der Waals surface area contributed by atoms with Crippen molar-refractivity contribution in [3.8, 4) is 22.9 Å². The van der Waals surface area contributed by atoms with E-state index in [9.17, 15) is 5.26 Å². The first-order valence-corrected chi connectivity index (χ1v) is 11.5. The van der Waals surface area contributed by atoms with Crippen LogP contribution < -0.4 is 10.5 Å². The van der Waals surface area contributed by atoms with Gasteiger partial charge in [0.1, 0.15) is 22.9 Å². The van der Waals surface area contributed by atoms with Gasteiger partial charge in [-0.05, 0) is 52.5 Å². The molecule has 8 nitrogen and oxygen atoms in total. The van der Waals surface area contributed by atoms with E-state index in [1.54, 1.807) is 10.7 Å². The van der Waals surface area contributed by atoms with Gasteiger partial charge < -0.3 is 15.4 Å². The Hall–Kier alpha value is -2.89. The molecule has 1 aliphatic heterocycles. The normalized spacial score (nSPS) is 18.9. The first-order chi connectivity index (χ1) is 15.4. The average molecular weight is 434 g/mol. The maximum absolute atomic E-state index is 9.46. The van der Waals surface area contributed by atoms with Crippen LogP contribution in [0.5, 0.6) is 5.75 Å². The lowest BCUT2D eigenvalue weighted by molar-refractivity contribution is 0.167. The number of nitriles is 1. The van der Waals surface area contributed by atoms with E-state index in [0.29, 0.717) is 22.9 Å². The van der Waals surface area contributed by atoms with Crippen molar-refractivity contribution < 1.29 is 4.74 Å². The summed E-state index contributed by atoms with van der Waals surface area (Å²) in [4.78, 5) is 2.51. The van der Waals surface area contributed by atoms with Crippen molar-refractivity contribution in [2.45, 2.75) is 64.1 Å². The third-order valence-corrected chi connectivity index (χ3v) is 6.75. The van der Waals surface area contributed by atoms with Crippen LogP contribution in [0.4, 0.5) is 0 Å². The van der Waals surface area contributed by atoms with Gasteiger partial charge in [0.25, 0.3) is 0 Å². The summed E-state index contributed by atoms with van der Waals surface area (Å²) >= 11 is 0. The molecule has 2 fully saturated rings. The van der Waals surface area contributed by atoms with Crippen LogP contribution >= 0.6 is 0 Å². The van der Waals surface area contributed by atoms with Crippen LogP contribution in [0.25, 0.3) is 16.6 Å². The Labute approximate surface area is 188 Å². The first-order valence-electron chi connectivity index (χ1n) is 11.5. The van der Waals surface area contributed by atoms with Gasteiger partial charge in [-0.15, -0.1) is 0 Å². The van der Waals surface area contributed by atoms with E-state index in [4.69, 9.17) is 15.6 Å². The quantitative estimate of drug-likeness (QED) is 0.641. The van der Waals surface area contributed by atoms with Crippen molar-refractivity contribution >= 4 is 5.52 Å². The highest BCUT2D eigenvalue weighted by Crippen LogP contribution is 2.36. The molecule has 8 heteroatoms. The zero-order valence-electron chi connectivity index (χ0n) is 19.1. The minimum atomic E-state index is -0.00667. The summed E-state index contributed by atoms with van der Waals surface area (Å²) in [5.74, 6) is 0.669. The summed E-state index contributed by atoms with van der Waals surface area (Å²) in [5.41, 5.74) is 10.8. The van der Waals surface area contributed by atoms with Gasteiger partial charge in [-0.3, -0.25) is 4.68 Å². The van der Waals surface area contributed by atoms with Crippen LogP contribution in [0.15, 0.2) is 24.7 Å². The molecule has 32 heavy (non-hydrogen) atoms. The highest BCUT2D eigenvalue weighted by molar-refractivity contribution is 5.76. The third-order valence-electron chi connectivity index (χ3n) is 6.75. The molecule has 0 bridgehead atoms. The molecular weight excluding hydrogens is 402 g/mol. The van der Waals surface area contributed by atoms with Gasteiger partial charge in [-0.25, -0.2) is 4.52 Å². The average Bonchev–Trinajstić information content (AvgIpc) is 3.17. The molecular formula is C24H31N7O. The van der Waals surface area contributed by atoms with E-state index < -0.39 is 0 Å². The van der Waals surface area contributed by atoms with Crippen LogP contribution in [0.3, 0.4) is 0 Å². The van der Waals surface area contributed by atoms with Gasteiger partial charge >= 0.3 is 0 Å². The van der Waals surface area contributed by atoms with Crippen LogP contribution in [-0.2, 0) is 0 Å². The monoisotopic (exact) mass is 433 g/mol. The van der Waals surface area contributed by atoms with Crippen LogP contribution in [0.2, 0.25) is 0 Å².